The highest BCUT2D eigenvalue weighted by Gasteiger charge is 2.10. The molecular weight excluding hydrogens is 166 g/mol. The van der Waals surface area contributed by atoms with Gasteiger partial charge in [0, 0.05) is 13.1 Å². The smallest absolute Gasteiger partial charge is 0.284 e. The third-order valence-electron chi connectivity index (χ3n) is 1.93. The molecule has 2 N–H and O–H groups in total. The van der Waals surface area contributed by atoms with Gasteiger partial charge in [-0.1, -0.05) is 12.1 Å². The lowest BCUT2D eigenvalue weighted by molar-refractivity contribution is 0.0988. The molecular formula is C9H8N3O. The number of primary amides is 1. The number of carbonyl (C=O) groups is 1. The lowest BCUT2D eigenvalue weighted by atomic mass is 10.3. The van der Waals surface area contributed by atoms with Gasteiger partial charge in [-0.05, 0) is 6.07 Å². The molecule has 0 bridgehead atoms. The number of nitrogens with zero attached hydrogens (tertiary/aromatic N) is 2. The summed E-state index contributed by atoms with van der Waals surface area (Å²) in [6, 6.07) is 8.39. The molecule has 2 aromatic rings. The summed E-state index contributed by atoms with van der Waals surface area (Å²) in [4.78, 5) is 15.0. The molecule has 4 heteroatoms. The van der Waals surface area contributed by atoms with Crippen molar-refractivity contribution in [1.29, 1.82) is 0 Å². The zero-order valence-corrected chi connectivity index (χ0v) is 7.11. The van der Waals surface area contributed by atoms with E-state index in [4.69, 9.17) is 5.73 Å². The van der Waals surface area contributed by atoms with Crippen molar-refractivity contribution in [1.82, 2.24) is 9.55 Å². The van der Waals surface area contributed by atoms with E-state index in [0.717, 1.165) is 5.52 Å². The molecule has 0 aliphatic rings. The van der Waals surface area contributed by atoms with Crippen LogP contribution in [0.15, 0.2) is 18.2 Å². The van der Waals surface area contributed by atoms with Gasteiger partial charge < -0.3 is 10.3 Å². The first-order valence-electron chi connectivity index (χ1n) is 3.83. The molecule has 0 atom stereocenters. The van der Waals surface area contributed by atoms with Gasteiger partial charge in [-0.15, -0.1) is 0 Å². The number of hydrogen-bond acceptors (Lipinski definition) is 2. The molecule has 0 spiro atoms. The Kier molecular flexibility index (Phi) is 1.55. The standard InChI is InChI=1S/C9H8N3O/c1-12-7-5-3-2-4-6(7)11-9(12)8(10)13/h2-3,5H,1H3,(H2,10,13). The van der Waals surface area contributed by atoms with Crippen LogP contribution >= 0.6 is 0 Å². The number of rotatable bonds is 1. The third-order valence-corrected chi connectivity index (χ3v) is 1.93. The number of imidazole rings is 1. The van der Waals surface area contributed by atoms with Crippen molar-refractivity contribution < 1.29 is 4.79 Å². The maximum Gasteiger partial charge on any atom is 0.284 e. The number of aromatic nitrogens is 2. The SMILES string of the molecule is Cn1c(C(N)=O)nc2[c]cccc21. The second-order valence-corrected chi connectivity index (χ2v) is 2.76. The molecule has 0 fully saturated rings. The molecule has 0 unspecified atom stereocenters. The summed E-state index contributed by atoms with van der Waals surface area (Å²) < 4.78 is 1.66. The molecule has 13 heavy (non-hydrogen) atoms. The summed E-state index contributed by atoms with van der Waals surface area (Å²) in [6.45, 7) is 0. The number of benzene rings is 1. The Morgan fingerprint density at radius 3 is 3.08 bits per heavy atom. The third kappa shape index (κ3) is 1.07. The summed E-state index contributed by atoms with van der Waals surface area (Å²) in [5.74, 6) is -0.260. The predicted molar refractivity (Wildman–Crippen MR) is 48.1 cm³/mol. The van der Waals surface area contributed by atoms with E-state index in [2.05, 4.69) is 11.1 Å². The molecule has 4 nitrogen and oxygen atoms in total. The van der Waals surface area contributed by atoms with Gasteiger partial charge in [-0.2, -0.15) is 0 Å². The summed E-state index contributed by atoms with van der Waals surface area (Å²) in [6.07, 6.45) is 0. The van der Waals surface area contributed by atoms with Crippen LogP contribution in [0.2, 0.25) is 0 Å². The number of hydrogen-bond donors (Lipinski definition) is 1. The van der Waals surface area contributed by atoms with Crippen molar-refractivity contribution in [2.24, 2.45) is 12.8 Å². The fourth-order valence-corrected chi connectivity index (χ4v) is 1.29. The van der Waals surface area contributed by atoms with Crippen molar-refractivity contribution in [3.8, 4) is 0 Å². The number of nitrogens with two attached hydrogens (primary N) is 1. The van der Waals surface area contributed by atoms with Crippen LogP contribution in [-0.2, 0) is 7.05 Å². The van der Waals surface area contributed by atoms with E-state index in [-0.39, 0.29) is 5.82 Å². The first-order chi connectivity index (χ1) is 6.20. The molecule has 1 amide bonds. The topological polar surface area (TPSA) is 60.9 Å². The molecule has 0 aliphatic carbocycles. The van der Waals surface area contributed by atoms with Gasteiger partial charge in [-0.3, -0.25) is 4.79 Å². The van der Waals surface area contributed by atoms with Crippen LogP contribution in [0.25, 0.3) is 11.0 Å². The van der Waals surface area contributed by atoms with Crippen LogP contribution in [-0.4, -0.2) is 15.5 Å². The first kappa shape index (κ1) is 7.79. The van der Waals surface area contributed by atoms with E-state index in [1.54, 1.807) is 17.7 Å². The second-order valence-electron chi connectivity index (χ2n) is 2.76. The Morgan fingerprint density at radius 1 is 1.69 bits per heavy atom. The van der Waals surface area contributed by atoms with Crippen LogP contribution in [0.3, 0.4) is 0 Å². The van der Waals surface area contributed by atoms with Gasteiger partial charge in [0.25, 0.3) is 5.91 Å². The van der Waals surface area contributed by atoms with Crippen LogP contribution in [0.5, 0.6) is 0 Å². The zero-order chi connectivity index (χ0) is 9.42. The molecule has 0 saturated carbocycles. The lowest BCUT2D eigenvalue weighted by Gasteiger charge is -1.95. The first-order valence-corrected chi connectivity index (χ1v) is 3.83. The van der Waals surface area contributed by atoms with Crippen molar-refractivity contribution in [3.63, 3.8) is 0 Å². The second kappa shape index (κ2) is 2.58. The van der Waals surface area contributed by atoms with Gasteiger partial charge in [0.1, 0.15) is 0 Å². The van der Waals surface area contributed by atoms with E-state index >= 15 is 0 Å². The van der Waals surface area contributed by atoms with Crippen LogP contribution < -0.4 is 5.73 Å². The summed E-state index contributed by atoms with van der Waals surface area (Å²) in [5, 5.41) is 0. The molecule has 2 rings (SSSR count). The average Bonchev–Trinajstić information content (AvgIpc) is 2.45. The normalized spacial score (nSPS) is 10.5. The van der Waals surface area contributed by atoms with Gasteiger partial charge in [0.2, 0.25) is 0 Å². The van der Waals surface area contributed by atoms with Crippen molar-refractivity contribution in [3.05, 3.63) is 30.1 Å². The zero-order valence-electron chi connectivity index (χ0n) is 7.11. The predicted octanol–water partition coefficient (Wildman–Crippen LogP) is 0.472. The van der Waals surface area contributed by atoms with Gasteiger partial charge in [0.05, 0.1) is 11.0 Å². The fourth-order valence-electron chi connectivity index (χ4n) is 1.29. The van der Waals surface area contributed by atoms with Gasteiger partial charge >= 0.3 is 0 Å². The Hall–Kier alpha value is -1.84. The Morgan fingerprint density at radius 2 is 2.46 bits per heavy atom. The average molecular weight is 174 g/mol. The number of carbonyl (C=O) groups excluding carboxylic acids is 1. The minimum absolute atomic E-state index is 0.262. The number of fused-ring (bicyclic) bond motifs is 1. The summed E-state index contributed by atoms with van der Waals surface area (Å²) in [5.41, 5.74) is 6.67. The van der Waals surface area contributed by atoms with E-state index in [1.807, 2.05) is 12.1 Å². The minimum atomic E-state index is -0.521. The maximum absolute atomic E-state index is 10.9. The molecule has 0 saturated heterocycles. The van der Waals surface area contributed by atoms with Crippen LogP contribution in [0.1, 0.15) is 10.6 Å². The molecule has 0 aliphatic heterocycles. The van der Waals surface area contributed by atoms with Crippen molar-refractivity contribution >= 4 is 16.9 Å². The van der Waals surface area contributed by atoms with E-state index in [0.29, 0.717) is 5.52 Å². The van der Waals surface area contributed by atoms with Crippen molar-refractivity contribution in [2.75, 3.05) is 0 Å². The number of para-hydroxylation sites is 1. The van der Waals surface area contributed by atoms with E-state index in [1.165, 1.54) is 0 Å². The summed E-state index contributed by atoms with van der Waals surface area (Å²) >= 11 is 0. The molecule has 1 aromatic heterocycles. The molecule has 1 radical (unpaired) electrons. The molecule has 65 valence electrons. The molecule has 1 aromatic carbocycles. The van der Waals surface area contributed by atoms with Crippen molar-refractivity contribution in [2.45, 2.75) is 0 Å². The largest absolute Gasteiger partial charge is 0.363 e. The van der Waals surface area contributed by atoms with Gasteiger partial charge in [-0.25, -0.2) is 4.98 Å². The monoisotopic (exact) mass is 174 g/mol. The van der Waals surface area contributed by atoms with Gasteiger partial charge in [0.15, 0.2) is 5.82 Å². The Bertz CT molecular complexity index is 473. The highest BCUT2D eigenvalue weighted by Crippen LogP contribution is 2.12. The molecule has 1 heterocycles. The van der Waals surface area contributed by atoms with E-state index in [9.17, 15) is 4.79 Å². The minimum Gasteiger partial charge on any atom is -0.363 e. The maximum atomic E-state index is 10.9. The van der Waals surface area contributed by atoms with Crippen LogP contribution in [0.4, 0.5) is 0 Å². The van der Waals surface area contributed by atoms with E-state index < -0.39 is 5.91 Å². The number of aryl methyl sites for hydroxylation is 1. The lowest BCUT2D eigenvalue weighted by Crippen LogP contribution is -2.16. The Labute approximate surface area is 75.0 Å². The summed E-state index contributed by atoms with van der Waals surface area (Å²) in [7, 11) is 1.75. The Balaban J connectivity index is 2.81. The highest BCUT2D eigenvalue weighted by atomic mass is 16.1. The fraction of sp³-hybridized carbons (Fsp3) is 0.111. The quantitative estimate of drug-likeness (QED) is 0.683. The highest BCUT2D eigenvalue weighted by molar-refractivity contribution is 5.93. The number of amides is 1. The van der Waals surface area contributed by atoms with Crippen LogP contribution in [0, 0.1) is 6.07 Å².